The Bertz CT molecular complexity index is 318. The second-order valence-electron chi connectivity index (χ2n) is 4.49. The molecule has 2 fully saturated rings. The van der Waals surface area contributed by atoms with Gasteiger partial charge in [0.25, 0.3) is 0 Å². The molecule has 1 aromatic rings. The van der Waals surface area contributed by atoms with Gasteiger partial charge in [0.1, 0.15) is 5.82 Å². The van der Waals surface area contributed by atoms with E-state index in [1.54, 1.807) is 0 Å². The first-order valence-corrected chi connectivity index (χ1v) is 5.12. The van der Waals surface area contributed by atoms with E-state index in [-0.39, 0.29) is 0 Å². The maximum absolute atomic E-state index is 5.61. The van der Waals surface area contributed by atoms with Crippen LogP contribution in [0.2, 0.25) is 0 Å². The van der Waals surface area contributed by atoms with Gasteiger partial charge in [0, 0.05) is 12.2 Å². The largest absolute Gasteiger partial charge is 0.382 e. The zero-order valence-corrected chi connectivity index (χ0v) is 7.69. The first kappa shape index (κ1) is 7.42. The predicted octanol–water partition coefficient (Wildman–Crippen LogP) is 1.83. The summed E-state index contributed by atoms with van der Waals surface area (Å²) >= 11 is 0. The van der Waals surface area contributed by atoms with Gasteiger partial charge in [0.05, 0.1) is 6.33 Å². The number of hydrogen-bond acceptors (Lipinski definition) is 2. The fourth-order valence-corrected chi connectivity index (χ4v) is 3.11. The summed E-state index contributed by atoms with van der Waals surface area (Å²) in [6.07, 6.45) is 9.51. The topological polar surface area (TPSA) is 43.8 Å². The number of rotatable bonds is 1. The summed E-state index contributed by atoms with van der Waals surface area (Å²) in [5.41, 5.74) is 5.61. The van der Waals surface area contributed by atoms with Crippen LogP contribution in [0.4, 0.5) is 5.82 Å². The van der Waals surface area contributed by atoms with Crippen LogP contribution in [0.5, 0.6) is 0 Å². The lowest BCUT2D eigenvalue weighted by molar-refractivity contribution is 0.329. The first-order chi connectivity index (χ1) is 6.33. The Hall–Kier alpha value is -0.990. The molecule has 3 atom stereocenters. The van der Waals surface area contributed by atoms with Gasteiger partial charge in [-0.05, 0) is 31.1 Å². The summed E-state index contributed by atoms with van der Waals surface area (Å²) in [6.45, 7) is 0. The fourth-order valence-electron chi connectivity index (χ4n) is 3.11. The predicted molar refractivity (Wildman–Crippen MR) is 51.1 cm³/mol. The zero-order valence-electron chi connectivity index (χ0n) is 7.69. The minimum Gasteiger partial charge on any atom is -0.382 e. The van der Waals surface area contributed by atoms with Gasteiger partial charge in [-0.1, -0.05) is 6.42 Å². The van der Waals surface area contributed by atoms with Crippen molar-refractivity contribution in [3.05, 3.63) is 12.5 Å². The smallest absolute Gasteiger partial charge is 0.141 e. The molecule has 0 aliphatic heterocycles. The number of anilines is 1. The second kappa shape index (κ2) is 2.50. The van der Waals surface area contributed by atoms with Crippen LogP contribution in [0.1, 0.15) is 31.7 Å². The molecule has 3 unspecified atom stereocenters. The number of imidazole rings is 1. The average molecular weight is 177 g/mol. The summed E-state index contributed by atoms with van der Waals surface area (Å²) in [6, 6.07) is 0.698. The molecular weight excluding hydrogens is 162 g/mol. The van der Waals surface area contributed by atoms with Gasteiger partial charge < -0.3 is 10.3 Å². The average Bonchev–Trinajstić information content (AvgIpc) is 2.77. The third-order valence-electron chi connectivity index (χ3n) is 3.71. The number of nitrogens with zero attached hydrogens (tertiary/aromatic N) is 2. The standard InChI is InChI=1S/C10H15N3/c11-10-5-13(6-12-10)9-4-7-1-2-8(9)3-7/h5-9H,1-4,11H2. The molecule has 0 spiro atoms. The van der Waals surface area contributed by atoms with Crippen LogP contribution in [0.3, 0.4) is 0 Å². The maximum atomic E-state index is 5.61. The Morgan fingerprint density at radius 2 is 2.31 bits per heavy atom. The number of nitrogen functional groups attached to an aromatic ring is 1. The van der Waals surface area contributed by atoms with Crippen LogP contribution >= 0.6 is 0 Å². The van der Waals surface area contributed by atoms with Crippen molar-refractivity contribution in [2.45, 2.75) is 31.7 Å². The van der Waals surface area contributed by atoms with E-state index >= 15 is 0 Å². The second-order valence-corrected chi connectivity index (χ2v) is 4.49. The van der Waals surface area contributed by atoms with Crippen LogP contribution in [0.25, 0.3) is 0 Å². The van der Waals surface area contributed by atoms with Gasteiger partial charge in [-0.3, -0.25) is 0 Å². The van der Waals surface area contributed by atoms with Crippen LogP contribution in [-0.2, 0) is 0 Å². The molecule has 0 aromatic carbocycles. The molecule has 1 aromatic heterocycles. The highest BCUT2D eigenvalue weighted by molar-refractivity contribution is 5.23. The van der Waals surface area contributed by atoms with Gasteiger partial charge in [-0.25, -0.2) is 4.98 Å². The molecule has 2 saturated carbocycles. The lowest BCUT2D eigenvalue weighted by Crippen LogP contribution is -2.14. The highest BCUT2D eigenvalue weighted by atomic mass is 15.1. The zero-order chi connectivity index (χ0) is 8.84. The van der Waals surface area contributed by atoms with E-state index in [9.17, 15) is 0 Å². The molecule has 70 valence electrons. The van der Waals surface area contributed by atoms with Crippen LogP contribution < -0.4 is 5.73 Å². The van der Waals surface area contributed by atoms with Gasteiger partial charge in [-0.15, -0.1) is 0 Å². The minimum absolute atomic E-state index is 0.655. The summed E-state index contributed by atoms with van der Waals surface area (Å²) in [5.74, 6) is 2.54. The molecule has 3 heteroatoms. The third-order valence-corrected chi connectivity index (χ3v) is 3.71. The number of hydrogen-bond donors (Lipinski definition) is 1. The number of nitrogens with two attached hydrogens (primary N) is 1. The molecule has 3 rings (SSSR count). The molecular formula is C10H15N3. The highest BCUT2D eigenvalue weighted by Gasteiger charge is 2.40. The van der Waals surface area contributed by atoms with Gasteiger partial charge in [0.15, 0.2) is 0 Å². The van der Waals surface area contributed by atoms with Crippen LogP contribution in [-0.4, -0.2) is 9.55 Å². The molecule has 0 saturated heterocycles. The summed E-state index contributed by atoms with van der Waals surface area (Å²) in [5, 5.41) is 0. The molecule has 2 aliphatic rings. The SMILES string of the molecule is Nc1cn(C2CC3CCC2C3)cn1. The van der Waals surface area contributed by atoms with Crippen LogP contribution in [0.15, 0.2) is 12.5 Å². The molecule has 0 amide bonds. The van der Waals surface area contributed by atoms with Crippen molar-refractivity contribution < 1.29 is 0 Å². The van der Waals surface area contributed by atoms with Gasteiger partial charge in [0.2, 0.25) is 0 Å². The molecule has 2 aliphatic carbocycles. The maximum Gasteiger partial charge on any atom is 0.141 e. The van der Waals surface area contributed by atoms with Crippen molar-refractivity contribution in [2.24, 2.45) is 11.8 Å². The van der Waals surface area contributed by atoms with Crippen molar-refractivity contribution in [2.75, 3.05) is 5.73 Å². The summed E-state index contributed by atoms with van der Waals surface area (Å²) < 4.78 is 2.22. The third kappa shape index (κ3) is 1.06. The van der Waals surface area contributed by atoms with Gasteiger partial charge in [-0.2, -0.15) is 0 Å². The highest BCUT2D eigenvalue weighted by Crippen LogP contribution is 2.50. The van der Waals surface area contributed by atoms with E-state index in [0.717, 1.165) is 11.8 Å². The number of fused-ring (bicyclic) bond motifs is 2. The lowest BCUT2D eigenvalue weighted by Gasteiger charge is -2.22. The first-order valence-electron chi connectivity index (χ1n) is 5.12. The van der Waals surface area contributed by atoms with Gasteiger partial charge >= 0.3 is 0 Å². The molecule has 3 nitrogen and oxygen atoms in total. The molecule has 0 radical (unpaired) electrons. The monoisotopic (exact) mass is 177 g/mol. The van der Waals surface area contributed by atoms with E-state index in [2.05, 4.69) is 9.55 Å². The van der Waals surface area contributed by atoms with E-state index in [1.807, 2.05) is 12.5 Å². The van der Waals surface area contributed by atoms with E-state index in [1.165, 1.54) is 25.7 Å². The summed E-state index contributed by atoms with van der Waals surface area (Å²) in [7, 11) is 0. The van der Waals surface area contributed by atoms with E-state index in [0.29, 0.717) is 11.9 Å². The van der Waals surface area contributed by atoms with E-state index < -0.39 is 0 Å². The lowest BCUT2D eigenvalue weighted by atomic mass is 9.95. The molecule has 2 N–H and O–H groups in total. The van der Waals surface area contributed by atoms with Crippen LogP contribution in [0, 0.1) is 11.8 Å². The van der Waals surface area contributed by atoms with E-state index in [4.69, 9.17) is 5.73 Å². The van der Waals surface area contributed by atoms with Crippen molar-refractivity contribution in [1.29, 1.82) is 0 Å². The summed E-state index contributed by atoms with van der Waals surface area (Å²) in [4.78, 5) is 4.09. The Balaban J connectivity index is 1.87. The Labute approximate surface area is 78.0 Å². The molecule has 2 bridgehead atoms. The molecule has 1 heterocycles. The Morgan fingerprint density at radius 1 is 1.38 bits per heavy atom. The van der Waals surface area contributed by atoms with Crippen molar-refractivity contribution in [3.63, 3.8) is 0 Å². The normalized spacial score (nSPS) is 37.1. The Kier molecular flexibility index (Phi) is 1.43. The number of aromatic nitrogens is 2. The quantitative estimate of drug-likeness (QED) is 0.711. The minimum atomic E-state index is 0.655. The van der Waals surface area contributed by atoms with Crippen molar-refractivity contribution in [3.8, 4) is 0 Å². The van der Waals surface area contributed by atoms with Crippen molar-refractivity contribution >= 4 is 5.82 Å². The Morgan fingerprint density at radius 3 is 2.85 bits per heavy atom. The van der Waals surface area contributed by atoms with Crippen molar-refractivity contribution in [1.82, 2.24) is 9.55 Å². The molecule has 13 heavy (non-hydrogen) atoms. The fraction of sp³-hybridized carbons (Fsp3) is 0.700.